The minimum atomic E-state index is -4.96. The van der Waals surface area contributed by atoms with Crippen LogP contribution in [0.4, 0.5) is 17.6 Å². The van der Waals surface area contributed by atoms with Crippen LogP contribution in [0.1, 0.15) is 50.7 Å². The van der Waals surface area contributed by atoms with Gasteiger partial charge in [0.05, 0.1) is 12.6 Å². The summed E-state index contributed by atoms with van der Waals surface area (Å²) >= 11 is 0. The first-order valence-corrected chi connectivity index (χ1v) is 11.4. The lowest BCUT2D eigenvalue weighted by molar-refractivity contribution is -0.283. The molecule has 0 fully saturated rings. The molecule has 0 aromatic heterocycles. The third-order valence-corrected chi connectivity index (χ3v) is 6.77. The number of hydrogen-bond donors (Lipinski definition) is 1. The fourth-order valence-corrected chi connectivity index (χ4v) is 5.05. The van der Waals surface area contributed by atoms with Gasteiger partial charge in [-0.1, -0.05) is 37.6 Å². The van der Waals surface area contributed by atoms with Crippen LogP contribution in [-0.2, 0) is 16.6 Å². The van der Waals surface area contributed by atoms with Gasteiger partial charge < -0.3 is 19.5 Å². The number of ether oxygens (including phenoxy) is 2. The average molecular weight is 480 g/mol. The lowest BCUT2D eigenvalue weighted by atomic mass is 9.70. The predicted octanol–water partition coefficient (Wildman–Crippen LogP) is 6.03. The van der Waals surface area contributed by atoms with E-state index >= 15 is 0 Å². The molecule has 0 saturated heterocycles. The first-order chi connectivity index (χ1) is 16.0. The highest BCUT2D eigenvalue weighted by atomic mass is 19.4. The lowest BCUT2D eigenvalue weighted by Gasteiger charge is -2.46. The van der Waals surface area contributed by atoms with Crippen LogP contribution in [0.5, 0.6) is 5.75 Å². The highest BCUT2D eigenvalue weighted by molar-refractivity contribution is 5.48. The Labute approximate surface area is 196 Å². The van der Waals surface area contributed by atoms with Gasteiger partial charge >= 0.3 is 6.18 Å². The van der Waals surface area contributed by atoms with E-state index < -0.39 is 35.5 Å². The van der Waals surface area contributed by atoms with E-state index in [4.69, 9.17) is 9.47 Å². The molecule has 2 heterocycles. The Morgan fingerprint density at radius 2 is 1.85 bits per heavy atom. The molecule has 0 saturated carbocycles. The molecule has 184 valence electrons. The summed E-state index contributed by atoms with van der Waals surface area (Å²) in [6, 6.07) is 1.22. The summed E-state index contributed by atoms with van der Waals surface area (Å²) in [6.45, 7) is 3.52. The van der Waals surface area contributed by atoms with Crippen molar-refractivity contribution in [2.75, 3.05) is 6.61 Å². The molecule has 1 aliphatic carbocycles. The molecule has 0 bridgehead atoms. The molecule has 2 atom stereocenters. The van der Waals surface area contributed by atoms with Crippen molar-refractivity contribution in [3.05, 3.63) is 77.8 Å². The first-order valence-electron chi connectivity index (χ1n) is 11.4. The molecule has 0 amide bonds. The maximum absolute atomic E-state index is 14.8. The summed E-state index contributed by atoms with van der Waals surface area (Å²) < 4.78 is 69.4. The van der Waals surface area contributed by atoms with Crippen molar-refractivity contribution in [3.63, 3.8) is 0 Å². The number of halogens is 4. The van der Waals surface area contributed by atoms with E-state index in [-0.39, 0.29) is 6.42 Å². The Hall–Kier alpha value is -2.74. The molecule has 34 heavy (non-hydrogen) atoms. The lowest BCUT2D eigenvalue weighted by Crippen LogP contribution is -2.61. The smallest absolute Gasteiger partial charge is 0.419 e. The Bertz CT molecular complexity index is 1030. The molecule has 8 heteroatoms. The van der Waals surface area contributed by atoms with Crippen LogP contribution in [0.3, 0.4) is 0 Å². The van der Waals surface area contributed by atoms with Gasteiger partial charge in [0.2, 0.25) is 0 Å². The van der Waals surface area contributed by atoms with E-state index in [0.29, 0.717) is 36.3 Å². The number of rotatable bonds is 7. The van der Waals surface area contributed by atoms with Gasteiger partial charge in [0, 0.05) is 29.9 Å². The zero-order valence-corrected chi connectivity index (χ0v) is 19.2. The molecular weight excluding hydrogens is 450 g/mol. The normalized spacial score (nSPS) is 20.3. The van der Waals surface area contributed by atoms with Crippen LogP contribution < -0.4 is 4.74 Å². The van der Waals surface area contributed by atoms with Gasteiger partial charge in [0.15, 0.2) is 5.60 Å². The van der Waals surface area contributed by atoms with Crippen molar-refractivity contribution in [1.82, 2.24) is 4.90 Å². The summed E-state index contributed by atoms with van der Waals surface area (Å²) in [7, 11) is 0. The van der Waals surface area contributed by atoms with Crippen LogP contribution in [-0.4, -0.2) is 34.4 Å². The molecule has 2 aliphatic heterocycles. The SMILES string of the molecule is CC(C)(CC(O)(C(CC1=CC=CCC1)N1C=COC=C1)C(F)(F)F)c1cc(F)cc2c1OCC2. The quantitative estimate of drug-likeness (QED) is 0.485. The summed E-state index contributed by atoms with van der Waals surface area (Å²) in [5.74, 6) is -0.114. The van der Waals surface area contributed by atoms with E-state index in [0.717, 1.165) is 12.0 Å². The van der Waals surface area contributed by atoms with Gasteiger partial charge in [-0.2, -0.15) is 13.2 Å². The zero-order valence-electron chi connectivity index (χ0n) is 19.2. The fraction of sp³-hybridized carbons (Fsp3) is 0.462. The van der Waals surface area contributed by atoms with Gasteiger partial charge in [0.25, 0.3) is 0 Å². The number of nitrogens with zero attached hydrogens (tertiary/aromatic N) is 1. The predicted molar refractivity (Wildman–Crippen MR) is 120 cm³/mol. The van der Waals surface area contributed by atoms with E-state index in [1.54, 1.807) is 19.9 Å². The van der Waals surface area contributed by atoms with Gasteiger partial charge in [-0.15, -0.1) is 0 Å². The van der Waals surface area contributed by atoms with Gasteiger partial charge in [-0.3, -0.25) is 0 Å². The summed E-state index contributed by atoms with van der Waals surface area (Å²) in [4.78, 5) is 1.35. The minimum absolute atomic E-state index is 0.00285. The van der Waals surface area contributed by atoms with E-state index in [9.17, 15) is 22.7 Å². The van der Waals surface area contributed by atoms with Crippen LogP contribution in [0.25, 0.3) is 0 Å². The van der Waals surface area contributed by atoms with E-state index in [2.05, 4.69) is 0 Å². The Morgan fingerprint density at radius 3 is 2.50 bits per heavy atom. The number of fused-ring (bicyclic) bond motifs is 1. The van der Waals surface area contributed by atoms with Crippen molar-refractivity contribution >= 4 is 0 Å². The van der Waals surface area contributed by atoms with Crippen LogP contribution in [0.2, 0.25) is 0 Å². The third kappa shape index (κ3) is 4.73. The maximum Gasteiger partial charge on any atom is 0.419 e. The molecule has 2 unspecified atom stereocenters. The minimum Gasteiger partial charge on any atom is -0.493 e. The van der Waals surface area contributed by atoms with E-state index in [1.165, 1.54) is 42.0 Å². The van der Waals surface area contributed by atoms with Crippen LogP contribution >= 0.6 is 0 Å². The molecule has 1 N–H and O–H groups in total. The molecular formula is C26H29F4NO3. The number of allylic oxidation sites excluding steroid dienone is 3. The molecule has 0 spiro atoms. The van der Waals surface area contributed by atoms with Gasteiger partial charge in [-0.05, 0) is 43.2 Å². The molecule has 4 nitrogen and oxygen atoms in total. The largest absolute Gasteiger partial charge is 0.493 e. The molecule has 0 radical (unpaired) electrons. The first kappa shape index (κ1) is 24.4. The van der Waals surface area contributed by atoms with Crippen molar-refractivity contribution in [3.8, 4) is 5.75 Å². The van der Waals surface area contributed by atoms with Crippen molar-refractivity contribution in [1.29, 1.82) is 0 Å². The van der Waals surface area contributed by atoms with Crippen LogP contribution in [0, 0.1) is 5.82 Å². The third-order valence-electron chi connectivity index (χ3n) is 6.77. The maximum atomic E-state index is 14.8. The Kier molecular flexibility index (Phi) is 6.55. The van der Waals surface area contributed by atoms with Crippen molar-refractivity contribution in [2.24, 2.45) is 0 Å². The van der Waals surface area contributed by atoms with Crippen LogP contribution in [0.15, 0.2) is 60.9 Å². The average Bonchev–Trinajstić information content (AvgIpc) is 3.25. The second-order valence-electron chi connectivity index (χ2n) is 9.69. The molecule has 4 rings (SSSR count). The standard InChI is InChI=1S/C26H29F4NO3/c1-24(2,21-16-20(27)15-19-8-11-34-23(19)21)17-25(32,26(28,29)30)22(31-9-12-33-13-10-31)14-18-6-4-3-5-7-18/h3-4,6,9-10,12-13,15-16,22,32H,5,7-8,11,14,17H2,1-2H3. The Morgan fingerprint density at radius 1 is 1.12 bits per heavy atom. The van der Waals surface area contributed by atoms with Crippen molar-refractivity contribution < 1.29 is 32.1 Å². The van der Waals surface area contributed by atoms with E-state index in [1.807, 2.05) is 12.2 Å². The highest BCUT2D eigenvalue weighted by Crippen LogP contribution is 2.49. The molecule has 1 aromatic rings. The van der Waals surface area contributed by atoms with Gasteiger partial charge in [-0.25, -0.2) is 4.39 Å². The monoisotopic (exact) mass is 479 g/mol. The zero-order chi connectivity index (χ0) is 24.6. The number of hydrogen-bond acceptors (Lipinski definition) is 4. The highest BCUT2D eigenvalue weighted by Gasteiger charge is 2.61. The summed E-state index contributed by atoms with van der Waals surface area (Å²) in [5, 5.41) is 11.6. The fourth-order valence-electron chi connectivity index (χ4n) is 5.05. The summed E-state index contributed by atoms with van der Waals surface area (Å²) in [5.41, 5.74) is -2.60. The number of aliphatic hydroxyl groups is 1. The molecule has 1 aromatic carbocycles. The number of alkyl halides is 3. The second kappa shape index (κ2) is 9.13. The topological polar surface area (TPSA) is 41.9 Å². The molecule has 3 aliphatic rings. The number of benzene rings is 1. The van der Waals surface area contributed by atoms with Crippen molar-refractivity contribution in [2.45, 2.75) is 69.2 Å². The summed E-state index contributed by atoms with van der Waals surface area (Å²) in [6.07, 6.45) is 7.11. The second-order valence-corrected chi connectivity index (χ2v) is 9.69. The Balaban J connectivity index is 1.77. The van der Waals surface area contributed by atoms with Gasteiger partial charge in [0.1, 0.15) is 24.1 Å².